The number of hydrogen-bond acceptors (Lipinski definition) is 1. The van der Waals surface area contributed by atoms with Crippen LogP contribution >= 0.6 is 0 Å². The molecule has 0 aliphatic heterocycles. The summed E-state index contributed by atoms with van der Waals surface area (Å²) in [6.45, 7) is 8.10. The van der Waals surface area contributed by atoms with Crippen molar-refractivity contribution in [1.82, 2.24) is 5.32 Å². The molecule has 0 aliphatic carbocycles. The smallest absolute Gasteiger partial charge is 0.00670 e. The van der Waals surface area contributed by atoms with Crippen LogP contribution < -0.4 is 5.32 Å². The fraction of sp³-hybridized carbons (Fsp3) is 1.00. The van der Waals surface area contributed by atoms with Gasteiger partial charge in [-0.2, -0.15) is 0 Å². The molecular formula is C24H51N. The normalized spacial score (nSPS) is 11.5. The van der Waals surface area contributed by atoms with Crippen molar-refractivity contribution in [2.24, 2.45) is 0 Å². The predicted molar refractivity (Wildman–Crippen MR) is 117 cm³/mol. The molecule has 0 unspecified atom stereocenters. The highest BCUT2D eigenvalue weighted by Gasteiger charge is 2.07. The van der Waals surface area contributed by atoms with E-state index in [1.165, 1.54) is 129 Å². The van der Waals surface area contributed by atoms with E-state index in [4.69, 9.17) is 0 Å². The summed E-state index contributed by atoms with van der Waals surface area (Å²) in [5.74, 6) is 0. The zero-order valence-corrected chi connectivity index (χ0v) is 18.2. The summed E-state index contributed by atoms with van der Waals surface area (Å²) in [5, 5.41) is 3.81. The Bertz CT molecular complexity index is 206. The van der Waals surface area contributed by atoms with Crippen molar-refractivity contribution in [3.05, 3.63) is 0 Å². The van der Waals surface area contributed by atoms with E-state index in [0.29, 0.717) is 0 Å². The summed E-state index contributed by atoms with van der Waals surface area (Å²) in [7, 11) is 0. The molecule has 25 heavy (non-hydrogen) atoms. The molecule has 0 spiro atoms. The monoisotopic (exact) mass is 353 g/mol. The van der Waals surface area contributed by atoms with Gasteiger partial charge < -0.3 is 5.32 Å². The average Bonchev–Trinajstić information content (AvgIpc) is 2.63. The van der Waals surface area contributed by atoms with Gasteiger partial charge in [-0.3, -0.25) is 0 Å². The Labute approximate surface area is 161 Å². The Morgan fingerprint density at radius 3 is 1.16 bits per heavy atom. The van der Waals surface area contributed by atoms with E-state index in [9.17, 15) is 0 Å². The van der Waals surface area contributed by atoms with Crippen LogP contribution in [0.15, 0.2) is 0 Å². The Morgan fingerprint density at radius 2 is 0.800 bits per heavy atom. The van der Waals surface area contributed by atoms with Crippen molar-refractivity contribution >= 4 is 0 Å². The average molecular weight is 354 g/mol. The fourth-order valence-electron chi connectivity index (χ4n) is 3.75. The van der Waals surface area contributed by atoms with Crippen LogP contribution in [0.25, 0.3) is 0 Å². The van der Waals surface area contributed by atoms with Crippen molar-refractivity contribution in [2.75, 3.05) is 6.54 Å². The minimum atomic E-state index is 0.792. The van der Waals surface area contributed by atoms with E-state index in [-0.39, 0.29) is 0 Å². The van der Waals surface area contributed by atoms with E-state index in [0.717, 1.165) is 6.04 Å². The quantitative estimate of drug-likeness (QED) is 0.204. The fourth-order valence-corrected chi connectivity index (χ4v) is 3.75. The first-order valence-corrected chi connectivity index (χ1v) is 12.1. The van der Waals surface area contributed by atoms with Crippen molar-refractivity contribution in [2.45, 2.75) is 149 Å². The van der Waals surface area contributed by atoms with Crippen LogP contribution in [0.3, 0.4) is 0 Å². The van der Waals surface area contributed by atoms with Crippen LogP contribution in [0.5, 0.6) is 0 Å². The standard InChI is InChI=1S/C24H51N/c1-4-7-9-11-13-15-17-19-21-24(25-23-6-3)22-20-18-16-14-12-10-8-5-2/h24-25H,4-23H2,1-3H3. The summed E-state index contributed by atoms with van der Waals surface area (Å²) in [5.41, 5.74) is 0. The second kappa shape index (κ2) is 22.0. The van der Waals surface area contributed by atoms with Crippen molar-refractivity contribution < 1.29 is 0 Å². The molecule has 1 nitrogen and oxygen atoms in total. The molecule has 0 aromatic carbocycles. The molecule has 0 aromatic heterocycles. The van der Waals surface area contributed by atoms with Crippen LogP contribution in [0.1, 0.15) is 143 Å². The second-order valence-corrected chi connectivity index (χ2v) is 8.18. The molecule has 0 radical (unpaired) electrons. The first-order valence-electron chi connectivity index (χ1n) is 12.1. The topological polar surface area (TPSA) is 12.0 Å². The van der Waals surface area contributed by atoms with Gasteiger partial charge in [0.1, 0.15) is 0 Å². The lowest BCUT2D eigenvalue weighted by Crippen LogP contribution is -2.29. The van der Waals surface area contributed by atoms with Gasteiger partial charge in [-0.05, 0) is 25.8 Å². The largest absolute Gasteiger partial charge is 0.314 e. The number of hydrogen-bond donors (Lipinski definition) is 1. The Hall–Kier alpha value is -0.0400. The van der Waals surface area contributed by atoms with Gasteiger partial charge in [0.05, 0.1) is 0 Å². The van der Waals surface area contributed by atoms with Crippen molar-refractivity contribution in [1.29, 1.82) is 0 Å². The van der Waals surface area contributed by atoms with E-state index in [1.54, 1.807) is 0 Å². The molecule has 0 fully saturated rings. The summed E-state index contributed by atoms with van der Waals surface area (Å²) < 4.78 is 0. The maximum atomic E-state index is 3.81. The minimum Gasteiger partial charge on any atom is -0.314 e. The van der Waals surface area contributed by atoms with Gasteiger partial charge in [0.25, 0.3) is 0 Å². The van der Waals surface area contributed by atoms with E-state index < -0.39 is 0 Å². The van der Waals surface area contributed by atoms with Crippen LogP contribution in [0.2, 0.25) is 0 Å². The Morgan fingerprint density at radius 1 is 0.440 bits per heavy atom. The lowest BCUT2D eigenvalue weighted by molar-refractivity contribution is 0.411. The molecule has 0 bridgehead atoms. The van der Waals surface area contributed by atoms with Gasteiger partial charge in [0.15, 0.2) is 0 Å². The summed E-state index contributed by atoms with van der Waals surface area (Å²) in [4.78, 5) is 0. The Balaban J connectivity index is 3.54. The first kappa shape index (κ1) is 25.0. The van der Waals surface area contributed by atoms with Gasteiger partial charge in [-0.25, -0.2) is 0 Å². The summed E-state index contributed by atoms with van der Waals surface area (Å²) in [6.07, 6.45) is 27.1. The molecule has 0 aliphatic rings. The van der Waals surface area contributed by atoms with Crippen molar-refractivity contribution in [3.63, 3.8) is 0 Å². The van der Waals surface area contributed by atoms with Gasteiger partial charge in [0, 0.05) is 6.04 Å². The second-order valence-electron chi connectivity index (χ2n) is 8.18. The molecule has 1 N–H and O–H groups in total. The van der Waals surface area contributed by atoms with Crippen molar-refractivity contribution in [3.8, 4) is 0 Å². The maximum Gasteiger partial charge on any atom is 0.00670 e. The summed E-state index contributed by atoms with van der Waals surface area (Å²) in [6, 6.07) is 0.792. The first-order chi connectivity index (χ1) is 12.3. The zero-order valence-electron chi connectivity index (χ0n) is 18.2. The molecule has 0 rings (SSSR count). The number of rotatable bonds is 21. The minimum absolute atomic E-state index is 0.792. The third-order valence-electron chi connectivity index (χ3n) is 5.50. The predicted octanol–water partition coefficient (Wildman–Crippen LogP) is 8.42. The highest BCUT2D eigenvalue weighted by molar-refractivity contribution is 4.67. The lowest BCUT2D eigenvalue weighted by Gasteiger charge is -2.18. The lowest BCUT2D eigenvalue weighted by atomic mass is 9.99. The Kier molecular flexibility index (Phi) is 22.0. The molecule has 0 amide bonds. The van der Waals surface area contributed by atoms with Crippen LogP contribution in [-0.2, 0) is 0 Å². The maximum absolute atomic E-state index is 3.81. The van der Waals surface area contributed by atoms with Gasteiger partial charge >= 0.3 is 0 Å². The van der Waals surface area contributed by atoms with Crippen LogP contribution in [0, 0.1) is 0 Å². The highest BCUT2D eigenvalue weighted by Crippen LogP contribution is 2.15. The molecule has 0 saturated heterocycles. The number of nitrogens with one attached hydrogen (secondary N) is 1. The van der Waals surface area contributed by atoms with Crippen LogP contribution in [0.4, 0.5) is 0 Å². The van der Waals surface area contributed by atoms with Gasteiger partial charge in [0.2, 0.25) is 0 Å². The van der Waals surface area contributed by atoms with Gasteiger partial charge in [-0.1, -0.05) is 124 Å². The molecule has 152 valence electrons. The molecule has 0 aromatic rings. The molecular weight excluding hydrogens is 302 g/mol. The van der Waals surface area contributed by atoms with Gasteiger partial charge in [-0.15, -0.1) is 0 Å². The zero-order chi connectivity index (χ0) is 18.4. The van der Waals surface area contributed by atoms with E-state index >= 15 is 0 Å². The van der Waals surface area contributed by atoms with E-state index in [2.05, 4.69) is 26.1 Å². The summed E-state index contributed by atoms with van der Waals surface area (Å²) >= 11 is 0. The van der Waals surface area contributed by atoms with Crippen LogP contribution in [-0.4, -0.2) is 12.6 Å². The third-order valence-corrected chi connectivity index (χ3v) is 5.50. The van der Waals surface area contributed by atoms with E-state index in [1.807, 2.05) is 0 Å². The SMILES string of the molecule is CCCCCCCCCCC(CCCCCCCCCC)NCCC. The highest BCUT2D eigenvalue weighted by atomic mass is 14.9. The molecule has 0 saturated carbocycles. The molecule has 0 atom stereocenters. The third kappa shape index (κ3) is 20.1. The molecule has 1 heteroatoms. The number of unbranched alkanes of at least 4 members (excludes halogenated alkanes) is 14. The molecule has 0 heterocycles.